The van der Waals surface area contributed by atoms with Crippen molar-refractivity contribution in [3.05, 3.63) is 59.2 Å². The van der Waals surface area contributed by atoms with E-state index in [0.717, 1.165) is 28.1 Å². The molecule has 6 nitrogen and oxygen atoms in total. The van der Waals surface area contributed by atoms with Gasteiger partial charge in [-0.15, -0.1) is 0 Å². The van der Waals surface area contributed by atoms with Crippen LogP contribution in [0.25, 0.3) is 0 Å². The second-order valence-electron chi connectivity index (χ2n) is 6.86. The van der Waals surface area contributed by atoms with E-state index in [4.69, 9.17) is 4.74 Å². The van der Waals surface area contributed by atoms with E-state index in [1.165, 1.54) is 0 Å². The molecule has 0 aromatic heterocycles. The van der Waals surface area contributed by atoms with Gasteiger partial charge in [0, 0.05) is 17.9 Å². The Kier molecular flexibility index (Phi) is 5.64. The fourth-order valence-corrected chi connectivity index (χ4v) is 3.11. The second-order valence-corrected chi connectivity index (χ2v) is 6.86. The van der Waals surface area contributed by atoms with E-state index in [-0.39, 0.29) is 12.0 Å². The van der Waals surface area contributed by atoms with Crippen LogP contribution in [0, 0.1) is 13.8 Å². The number of aryl methyl sites for hydroxylation is 2. The standard InChI is InChI=1S/C21H25N3O3/c1-14-6-4-7-15(2)19(14)23-20(25)16(3)22-18-9-5-8-17(12-18)13-24-10-11-27-21(24)26/h4-9,12,16,22H,10-11,13H2,1-3H3,(H,23,25)/t16-/m1/s1. The van der Waals surface area contributed by atoms with Crippen LogP contribution in [-0.2, 0) is 16.1 Å². The van der Waals surface area contributed by atoms with Crippen molar-refractivity contribution >= 4 is 23.4 Å². The van der Waals surface area contributed by atoms with E-state index in [9.17, 15) is 9.59 Å². The molecule has 1 saturated heterocycles. The zero-order valence-electron chi connectivity index (χ0n) is 15.9. The molecule has 0 radical (unpaired) electrons. The Labute approximate surface area is 159 Å². The molecule has 0 bridgehead atoms. The Morgan fingerprint density at radius 2 is 1.89 bits per heavy atom. The summed E-state index contributed by atoms with van der Waals surface area (Å²) in [4.78, 5) is 25.8. The summed E-state index contributed by atoms with van der Waals surface area (Å²) in [5, 5.41) is 6.24. The van der Waals surface area contributed by atoms with Gasteiger partial charge in [0.15, 0.2) is 0 Å². The number of benzene rings is 2. The second kappa shape index (κ2) is 8.12. The molecule has 6 heteroatoms. The molecule has 0 aliphatic carbocycles. The minimum absolute atomic E-state index is 0.0964. The number of amides is 2. The molecule has 2 amide bonds. The lowest BCUT2D eigenvalue weighted by Crippen LogP contribution is -2.32. The van der Waals surface area contributed by atoms with Crippen molar-refractivity contribution < 1.29 is 14.3 Å². The number of carbonyl (C=O) groups is 2. The van der Waals surface area contributed by atoms with Gasteiger partial charge in [-0.2, -0.15) is 0 Å². The summed E-state index contributed by atoms with van der Waals surface area (Å²) in [5.74, 6) is -0.0964. The number of anilines is 2. The first-order valence-corrected chi connectivity index (χ1v) is 9.08. The van der Waals surface area contributed by atoms with Gasteiger partial charge in [0.25, 0.3) is 0 Å². The molecule has 3 rings (SSSR count). The van der Waals surface area contributed by atoms with Crippen molar-refractivity contribution in [3.63, 3.8) is 0 Å². The topological polar surface area (TPSA) is 70.7 Å². The summed E-state index contributed by atoms with van der Waals surface area (Å²) in [7, 11) is 0. The van der Waals surface area contributed by atoms with E-state index in [0.29, 0.717) is 19.7 Å². The Bertz CT molecular complexity index is 830. The maximum atomic E-state index is 12.6. The number of hydrogen-bond acceptors (Lipinski definition) is 4. The molecule has 27 heavy (non-hydrogen) atoms. The minimum atomic E-state index is -0.406. The Hall–Kier alpha value is -3.02. The van der Waals surface area contributed by atoms with Crippen LogP contribution in [0.1, 0.15) is 23.6 Å². The van der Waals surface area contributed by atoms with Crippen molar-refractivity contribution in [2.24, 2.45) is 0 Å². The van der Waals surface area contributed by atoms with Gasteiger partial charge in [-0.1, -0.05) is 30.3 Å². The van der Waals surface area contributed by atoms with Gasteiger partial charge in [0.1, 0.15) is 12.6 Å². The van der Waals surface area contributed by atoms with Crippen molar-refractivity contribution in [1.82, 2.24) is 4.90 Å². The third-order valence-electron chi connectivity index (χ3n) is 4.65. The Morgan fingerprint density at radius 1 is 1.19 bits per heavy atom. The first-order chi connectivity index (χ1) is 12.9. The van der Waals surface area contributed by atoms with Gasteiger partial charge >= 0.3 is 6.09 Å². The van der Waals surface area contributed by atoms with Crippen LogP contribution in [0.15, 0.2) is 42.5 Å². The van der Waals surface area contributed by atoms with Crippen LogP contribution < -0.4 is 10.6 Å². The van der Waals surface area contributed by atoms with Crippen molar-refractivity contribution in [2.45, 2.75) is 33.4 Å². The summed E-state index contributed by atoms with van der Waals surface area (Å²) < 4.78 is 4.96. The highest BCUT2D eigenvalue weighted by atomic mass is 16.6. The first-order valence-electron chi connectivity index (χ1n) is 9.08. The number of nitrogens with zero attached hydrogens (tertiary/aromatic N) is 1. The van der Waals surface area contributed by atoms with E-state index < -0.39 is 6.04 Å². The molecule has 1 aliphatic rings. The lowest BCUT2D eigenvalue weighted by Gasteiger charge is -2.18. The first kappa shape index (κ1) is 18.8. The highest BCUT2D eigenvalue weighted by molar-refractivity contribution is 5.97. The summed E-state index contributed by atoms with van der Waals surface area (Å²) in [6.07, 6.45) is -0.283. The maximum absolute atomic E-state index is 12.6. The molecular weight excluding hydrogens is 342 g/mol. The van der Waals surface area contributed by atoms with Gasteiger partial charge in [-0.3, -0.25) is 4.79 Å². The molecule has 2 aromatic carbocycles. The zero-order valence-corrected chi connectivity index (χ0v) is 15.9. The van der Waals surface area contributed by atoms with E-state index in [1.807, 2.05) is 63.2 Å². The molecule has 1 fully saturated rings. The monoisotopic (exact) mass is 367 g/mol. The van der Waals surface area contributed by atoms with Crippen LogP contribution in [-0.4, -0.2) is 36.1 Å². The molecule has 2 aromatic rings. The molecule has 2 N–H and O–H groups in total. The number of cyclic esters (lactones) is 1. The smallest absolute Gasteiger partial charge is 0.410 e. The summed E-state index contributed by atoms with van der Waals surface area (Å²) in [6.45, 7) is 7.32. The number of hydrogen-bond donors (Lipinski definition) is 2. The SMILES string of the molecule is Cc1cccc(C)c1NC(=O)[C@@H](C)Nc1cccc(CN2CCOC2=O)c1. The lowest BCUT2D eigenvalue weighted by molar-refractivity contribution is -0.116. The average molecular weight is 367 g/mol. The van der Waals surface area contributed by atoms with Crippen molar-refractivity contribution in [3.8, 4) is 0 Å². The summed E-state index contributed by atoms with van der Waals surface area (Å²) in [6, 6.07) is 13.3. The lowest BCUT2D eigenvalue weighted by atomic mass is 10.1. The summed E-state index contributed by atoms with van der Waals surface area (Å²) >= 11 is 0. The zero-order chi connectivity index (χ0) is 19.4. The summed E-state index contributed by atoms with van der Waals surface area (Å²) in [5.41, 5.74) is 4.76. The van der Waals surface area contributed by atoms with Crippen LogP contribution in [0.4, 0.5) is 16.2 Å². The molecule has 1 heterocycles. The minimum Gasteiger partial charge on any atom is -0.448 e. The molecular formula is C21H25N3O3. The van der Waals surface area contributed by atoms with Gasteiger partial charge in [-0.25, -0.2) is 4.79 Å². The number of carbonyl (C=O) groups excluding carboxylic acids is 2. The highest BCUT2D eigenvalue weighted by Gasteiger charge is 2.22. The Morgan fingerprint density at radius 3 is 2.56 bits per heavy atom. The number of rotatable bonds is 6. The quantitative estimate of drug-likeness (QED) is 0.817. The van der Waals surface area contributed by atoms with Crippen LogP contribution in [0.2, 0.25) is 0 Å². The van der Waals surface area contributed by atoms with Crippen LogP contribution in [0.5, 0.6) is 0 Å². The predicted molar refractivity (Wildman–Crippen MR) is 106 cm³/mol. The highest BCUT2D eigenvalue weighted by Crippen LogP contribution is 2.20. The van der Waals surface area contributed by atoms with E-state index >= 15 is 0 Å². The largest absolute Gasteiger partial charge is 0.448 e. The van der Waals surface area contributed by atoms with Gasteiger partial charge < -0.3 is 20.3 Å². The molecule has 1 atom stereocenters. The third kappa shape index (κ3) is 4.58. The van der Waals surface area contributed by atoms with Gasteiger partial charge in [0.2, 0.25) is 5.91 Å². The molecule has 1 aliphatic heterocycles. The molecule has 0 unspecified atom stereocenters. The van der Waals surface area contributed by atoms with Gasteiger partial charge in [0.05, 0.1) is 6.54 Å². The maximum Gasteiger partial charge on any atom is 0.410 e. The average Bonchev–Trinajstić information content (AvgIpc) is 3.03. The fourth-order valence-electron chi connectivity index (χ4n) is 3.11. The third-order valence-corrected chi connectivity index (χ3v) is 4.65. The van der Waals surface area contributed by atoms with Crippen molar-refractivity contribution in [1.29, 1.82) is 0 Å². The fraction of sp³-hybridized carbons (Fsp3) is 0.333. The van der Waals surface area contributed by atoms with E-state index in [1.54, 1.807) is 4.90 Å². The van der Waals surface area contributed by atoms with Gasteiger partial charge in [-0.05, 0) is 49.6 Å². The Balaban J connectivity index is 1.63. The van der Waals surface area contributed by atoms with E-state index in [2.05, 4.69) is 10.6 Å². The number of ether oxygens (including phenoxy) is 1. The molecule has 0 spiro atoms. The van der Waals surface area contributed by atoms with Crippen LogP contribution in [0.3, 0.4) is 0 Å². The van der Waals surface area contributed by atoms with Crippen molar-refractivity contribution in [2.75, 3.05) is 23.8 Å². The van der Waals surface area contributed by atoms with Crippen LogP contribution >= 0.6 is 0 Å². The number of nitrogens with one attached hydrogen (secondary N) is 2. The number of para-hydroxylation sites is 1. The molecule has 142 valence electrons. The molecule has 0 saturated carbocycles. The normalized spacial score (nSPS) is 14.6. The predicted octanol–water partition coefficient (Wildman–Crippen LogP) is 3.69.